The minimum atomic E-state index is -5.08. The van der Waals surface area contributed by atoms with Gasteiger partial charge in [0.2, 0.25) is 0 Å². The quantitative estimate of drug-likeness (QED) is 0.718. The van der Waals surface area contributed by atoms with Crippen LogP contribution >= 0.6 is 0 Å². The Kier molecular flexibility index (Phi) is 7.86. The number of likely N-dealkylation sites (tertiary alicyclic amines) is 1. The zero-order valence-corrected chi connectivity index (χ0v) is 17.1. The summed E-state index contributed by atoms with van der Waals surface area (Å²) < 4.78 is 43.7. The Hall–Kier alpha value is -2.92. The first-order chi connectivity index (χ1) is 15.3. The molecule has 0 spiro atoms. The van der Waals surface area contributed by atoms with Crippen molar-refractivity contribution in [3.05, 3.63) is 54.1 Å². The Morgan fingerprint density at radius 3 is 2.62 bits per heavy atom. The number of nitrogens with one attached hydrogen (secondary N) is 1. The topological polar surface area (TPSA) is 105 Å². The van der Waals surface area contributed by atoms with Crippen molar-refractivity contribution in [3.8, 4) is 0 Å². The van der Waals surface area contributed by atoms with Gasteiger partial charge in [0.05, 0.1) is 37.2 Å². The number of carbonyl (C=O) groups is 2. The third-order valence-corrected chi connectivity index (χ3v) is 5.25. The number of fused-ring (bicyclic) bond motifs is 1. The number of alkyl halides is 3. The van der Waals surface area contributed by atoms with E-state index in [2.05, 4.69) is 9.97 Å². The van der Waals surface area contributed by atoms with Gasteiger partial charge in [-0.25, -0.2) is 4.79 Å². The molecule has 4 rings (SSSR count). The molecule has 2 N–H and O–H groups in total. The van der Waals surface area contributed by atoms with Gasteiger partial charge in [-0.3, -0.25) is 9.78 Å². The molecule has 2 aromatic heterocycles. The molecule has 0 saturated carbocycles. The number of carboxylic acid groups (broad SMARTS) is 1. The molecule has 2 aromatic rings. The summed E-state index contributed by atoms with van der Waals surface area (Å²) in [6.07, 6.45) is 1.48. The molecular formula is C21H24F3N3O5. The fourth-order valence-electron chi connectivity index (χ4n) is 3.77. The number of ether oxygens (including phenoxy) is 2. The van der Waals surface area contributed by atoms with Gasteiger partial charge >= 0.3 is 12.1 Å². The smallest absolute Gasteiger partial charge is 0.475 e. The van der Waals surface area contributed by atoms with E-state index >= 15 is 0 Å². The highest BCUT2D eigenvalue weighted by Gasteiger charge is 2.42. The van der Waals surface area contributed by atoms with Crippen LogP contribution in [0.15, 0.2) is 42.7 Å². The van der Waals surface area contributed by atoms with E-state index in [1.807, 2.05) is 35.2 Å². The van der Waals surface area contributed by atoms with E-state index in [-0.39, 0.29) is 24.2 Å². The van der Waals surface area contributed by atoms with Crippen molar-refractivity contribution in [2.45, 2.75) is 50.3 Å². The van der Waals surface area contributed by atoms with E-state index in [9.17, 15) is 18.0 Å². The molecule has 174 valence electrons. The van der Waals surface area contributed by atoms with Crippen molar-refractivity contribution in [2.75, 3.05) is 13.2 Å². The summed E-state index contributed by atoms with van der Waals surface area (Å²) in [5.74, 6) is -2.68. The largest absolute Gasteiger partial charge is 0.490 e. The zero-order chi connectivity index (χ0) is 23.1. The van der Waals surface area contributed by atoms with Crippen molar-refractivity contribution in [3.63, 3.8) is 0 Å². The molecular weight excluding hydrogens is 431 g/mol. The molecule has 0 bridgehead atoms. The van der Waals surface area contributed by atoms with Gasteiger partial charge in [-0.1, -0.05) is 6.07 Å². The first-order valence-corrected chi connectivity index (χ1v) is 10.1. The number of hydrogen-bond donors (Lipinski definition) is 2. The molecule has 32 heavy (non-hydrogen) atoms. The molecule has 8 nitrogen and oxygen atoms in total. The number of amides is 1. The second-order valence-corrected chi connectivity index (χ2v) is 7.45. The van der Waals surface area contributed by atoms with Crippen molar-refractivity contribution >= 4 is 11.9 Å². The van der Waals surface area contributed by atoms with Crippen LogP contribution in [0.5, 0.6) is 0 Å². The monoisotopic (exact) mass is 455 g/mol. The molecule has 0 unspecified atom stereocenters. The maximum absolute atomic E-state index is 12.6. The van der Waals surface area contributed by atoms with Crippen LogP contribution in [0.3, 0.4) is 0 Å². The van der Waals surface area contributed by atoms with Crippen LogP contribution in [0, 0.1) is 0 Å². The summed E-state index contributed by atoms with van der Waals surface area (Å²) in [5.41, 5.74) is 1.58. The number of hydrogen-bond acceptors (Lipinski definition) is 5. The number of carboxylic acids is 1. The Morgan fingerprint density at radius 2 is 2.00 bits per heavy atom. The van der Waals surface area contributed by atoms with Crippen LogP contribution in [0.25, 0.3) is 0 Å². The maximum atomic E-state index is 12.6. The number of rotatable bonds is 5. The molecule has 2 saturated heterocycles. The number of aromatic nitrogens is 2. The Bertz CT molecular complexity index is 877. The number of aromatic amines is 1. The fraction of sp³-hybridized carbons (Fsp3) is 0.476. The highest BCUT2D eigenvalue weighted by molar-refractivity contribution is 5.92. The van der Waals surface area contributed by atoms with Gasteiger partial charge in [-0.15, -0.1) is 0 Å². The van der Waals surface area contributed by atoms with E-state index in [4.69, 9.17) is 19.4 Å². The summed E-state index contributed by atoms with van der Waals surface area (Å²) in [4.78, 5) is 30.7. The number of carbonyl (C=O) groups excluding carboxylic acids is 1. The van der Waals surface area contributed by atoms with Crippen molar-refractivity contribution in [2.24, 2.45) is 0 Å². The molecule has 0 aromatic carbocycles. The first kappa shape index (κ1) is 23.7. The van der Waals surface area contributed by atoms with Crippen LogP contribution < -0.4 is 0 Å². The Labute approximate surface area is 182 Å². The Morgan fingerprint density at radius 1 is 1.22 bits per heavy atom. The second kappa shape index (κ2) is 10.6. The molecule has 2 aliphatic rings. The van der Waals surface area contributed by atoms with Gasteiger partial charge in [0.1, 0.15) is 5.69 Å². The minimum absolute atomic E-state index is 0.0750. The van der Waals surface area contributed by atoms with E-state index in [1.165, 1.54) is 0 Å². The normalized spacial score (nSPS) is 22.6. The highest BCUT2D eigenvalue weighted by Crippen LogP contribution is 2.32. The third kappa shape index (κ3) is 6.30. The van der Waals surface area contributed by atoms with E-state index in [1.54, 1.807) is 12.4 Å². The van der Waals surface area contributed by atoms with Crippen molar-refractivity contribution in [1.82, 2.24) is 14.9 Å². The van der Waals surface area contributed by atoms with Gasteiger partial charge in [0, 0.05) is 18.9 Å². The molecule has 11 heteroatoms. The molecule has 4 heterocycles. The van der Waals surface area contributed by atoms with Gasteiger partial charge in [-0.05, 0) is 43.5 Å². The first-order valence-electron chi connectivity index (χ1n) is 10.1. The van der Waals surface area contributed by atoms with Crippen LogP contribution in [0.1, 0.15) is 35.4 Å². The summed E-state index contributed by atoms with van der Waals surface area (Å²) in [5, 5.41) is 7.12. The number of H-pyrrole nitrogens is 1. The van der Waals surface area contributed by atoms with Crippen LogP contribution in [0.2, 0.25) is 0 Å². The summed E-state index contributed by atoms with van der Waals surface area (Å²) >= 11 is 0. The lowest BCUT2D eigenvalue weighted by Gasteiger charge is -2.35. The number of nitrogens with zero attached hydrogens (tertiary/aromatic N) is 2. The molecule has 1 amide bonds. The predicted molar refractivity (Wildman–Crippen MR) is 106 cm³/mol. The highest BCUT2D eigenvalue weighted by atomic mass is 19.4. The zero-order valence-electron chi connectivity index (χ0n) is 17.1. The SMILES string of the molecule is O=C(O)C(F)(F)F.O=C(c1ccc[nH]1)N1CC[C@@H]2O[C@H](COCc3ccccn3)CC[C@@H]21. The van der Waals surface area contributed by atoms with Crippen LogP contribution in [0.4, 0.5) is 13.2 Å². The lowest BCUT2D eigenvalue weighted by atomic mass is 9.99. The third-order valence-electron chi connectivity index (χ3n) is 5.25. The molecule has 0 radical (unpaired) electrons. The van der Waals surface area contributed by atoms with Crippen molar-refractivity contribution in [1.29, 1.82) is 0 Å². The number of aliphatic carboxylic acids is 1. The van der Waals surface area contributed by atoms with Crippen LogP contribution in [-0.2, 0) is 20.9 Å². The number of halogens is 3. The van der Waals surface area contributed by atoms with Crippen molar-refractivity contribution < 1.29 is 37.3 Å². The van der Waals surface area contributed by atoms with E-state index < -0.39 is 12.1 Å². The number of pyridine rings is 1. The van der Waals surface area contributed by atoms with E-state index in [0.717, 1.165) is 31.5 Å². The van der Waals surface area contributed by atoms with Crippen LogP contribution in [-0.4, -0.2) is 69.4 Å². The average Bonchev–Trinajstić information content (AvgIpc) is 3.44. The molecule has 3 atom stereocenters. The summed E-state index contributed by atoms with van der Waals surface area (Å²) in [6.45, 7) is 1.84. The average molecular weight is 455 g/mol. The molecule has 0 aliphatic carbocycles. The minimum Gasteiger partial charge on any atom is -0.475 e. The maximum Gasteiger partial charge on any atom is 0.490 e. The summed E-state index contributed by atoms with van der Waals surface area (Å²) in [6, 6.07) is 9.68. The van der Waals surface area contributed by atoms with Gasteiger partial charge in [-0.2, -0.15) is 13.2 Å². The standard InChI is InChI=1S/C19H23N3O3.C2HF3O2/c23-19(16-5-3-10-21-16)22-11-8-18-17(22)7-6-15(25-18)13-24-12-14-4-1-2-9-20-14;3-2(4,5)1(6)7/h1-5,9-10,15,17-18,21H,6-8,11-13H2;(H,6,7)/t15-,17-,18-;/m0./s1. The van der Waals surface area contributed by atoms with Gasteiger partial charge < -0.3 is 24.5 Å². The molecule has 2 aliphatic heterocycles. The van der Waals surface area contributed by atoms with E-state index in [0.29, 0.717) is 18.9 Å². The second-order valence-electron chi connectivity index (χ2n) is 7.45. The van der Waals surface area contributed by atoms with Gasteiger partial charge in [0.15, 0.2) is 0 Å². The fourth-order valence-corrected chi connectivity index (χ4v) is 3.77. The lowest BCUT2D eigenvalue weighted by Crippen LogP contribution is -2.46. The Balaban J connectivity index is 0.000000360. The molecule has 2 fully saturated rings. The van der Waals surface area contributed by atoms with Gasteiger partial charge in [0.25, 0.3) is 5.91 Å². The lowest BCUT2D eigenvalue weighted by molar-refractivity contribution is -0.192. The summed E-state index contributed by atoms with van der Waals surface area (Å²) in [7, 11) is 0. The predicted octanol–water partition coefficient (Wildman–Crippen LogP) is 3.02.